The second-order valence-electron chi connectivity index (χ2n) is 5.15. The molecule has 0 aliphatic rings. The average molecular weight is 348 g/mol. The Balaban J connectivity index is 1.85. The van der Waals surface area contributed by atoms with Crippen molar-refractivity contribution in [3.63, 3.8) is 0 Å². The lowest BCUT2D eigenvalue weighted by molar-refractivity contribution is 0.863. The summed E-state index contributed by atoms with van der Waals surface area (Å²) in [5.41, 5.74) is 3.37. The second-order valence-corrected chi connectivity index (χ2v) is 6.00. The van der Waals surface area contributed by atoms with E-state index in [1.54, 1.807) is 0 Å². The van der Waals surface area contributed by atoms with Crippen molar-refractivity contribution in [2.75, 3.05) is 23.3 Å². The maximum Gasteiger partial charge on any atom is 0.171 e. The molecule has 0 fully saturated rings. The third kappa shape index (κ3) is 5.41. The third-order valence-corrected chi connectivity index (χ3v) is 4.12. The van der Waals surface area contributed by atoms with Crippen molar-refractivity contribution in [1.29, 1.82) is 0 Å². The highest BCUT2D eigenvalue weighted by molar-refractivity contribution is 7.80. The molecule has 2 N–H and O–H groups in total. The van der Waals surface area contributed by atoms with Gasteiger partial charge in [0.25, 0.3) is 0 Å². The minimum atomic E-state index is 0.597. The van der Waals surface area contributed by atoms with E-state index in [-0.39, 0.29) is 0 Å². The number of thiocarbonyl (C=S) groups is 1. The van der Waals surface area contributed by atoms with Crippen LogP contribution in [0.25, 0.3) is 0 Å². The van der Waals surface area contributed by atoms with Gasteiger partial charge in [-0.3, -0.25) is 0 Å². The number of hydrogen-bond donors (Lipinski definition) is 2. The molecule has 0 aromatic heterocycles. The number of hydrogen-bond acceptors (Lipinski definition) is 2. The third-order valence-electron chi connectivity index (χ3n) is 3.62. The first kappa shape index (κ1) is 17.6. The molecular formula is C18H22ClN3S. The van der Waals surface area contributed by atoms with Crippen LogP contribution >= 0.6 is 23.8 Å². The summed E-state index contributed by atoms with van der Waals surface area (Å²) in [4.78, 5) is 2.32. The number of halogens is 1. The van der Waals surface area contributed by atoms with Gasteiger partial charge in [-0.15, -0.1) is 0 Å². The molecular weight excluding hydrogens is 326 g/mol. The molecule has 0 unspecified atom stereocenters. The lowest BCUT2D eigenvalue weighted by Gasteiger charge is -2.21. The summed E-state index contributed by atoms with van der Waals surface area (Å²) in [7, 11) is 0. The summed E-state index contributed by atoms with van der Waals surface area (Å²) in [5.74, 6) is 0. The number of nitrogens with one attached hydrogen (secondary N) is 2. The molecule has 23 heavy (non-hydrogen) atoms. The van der Waals surface area contributed by atoms with E-state index in [2.05, 4.69) is 53.6 Å². The fourth-order valence-electron chi connectivity index (χ4n) is 2.30. The summed E-state index contributed by atoms with van der Waals surface area (Å²) in [6.45, 7) is 7.06. The van der Waals surface area contributed by atoms with Gasteiger partial charge in [-0.05, 0) is 68.0 Å². The fourth-order valence-corrected chi connectivity index (χ4v) is 2.62. The standard InChI is InChI=1S/C18H22ClN3S/c1-3-22(4-2)17-11-5-14(6-12-17)13-20-18(23)21-16-9-7-15(19)8-10-16/h5-12H,3-4,13H2,1-2H3,(H2,20,21,23). The lowest BCUT2D eigenvalue weighted by atomic mass is 10.2. The highest BCUT2D eigenvalue weighted by Crippen LogP contribution is 2.15. The maximum absolute atomic E-state index is 5.87. The first-order valence-electron chi connectivity index (χ1n) is 7.76. The zero-order valence-corrected chi connectivity index (χ0v) is 15.0. The zero-order chi connectivity index (χ0) is 16.7. The van der Waals surface area contributed by atoms with E-state index in [1.807, 2.05) is 24.3 Å². The Kier molecular flexibility index (Phi) is 6.68. The first-order valence-corrected chi connectivity index (χ1v) is 8.55. The molecule has 2 aromatic rings. The van der Waals surface area contributed by atoms with Crippen LogP contribution in [0, 0.1) is 0 Å². The molecule has 0 spiro atoms. The van der Waals surface area contributed by atoms with Gasteiger partial charge in [-0.25, -0.2) is 0 Å². The molecule has 5 heteroatoms. The number of nitrogens with zero attached hydrogens (tertiary/aromatic N) is 1. The van der Waals surface area contributed by atoms with Crippen molar-refractivity contribution < 1.29 is 0 Å². The molecule has 0 bridgehead atoms. The van der Waals surface area contributed by atoms with E-state index in [0.29, 0.717) is 16.7 Å². The number of rotatable bonds is 6. The van der Waals surface area contributed by atoms with Gasteiger partial charge in [-0.1, -0.05) is 23.7 Å². The van der Waals surface area contributed by atoms with Gasteiger partial charge in [0.15, 0.2) is 5.11 Å². The van der Waals surface area contributed by atoms with Crippen LogP contribution in [0.2, 0.25) is 5.02 Å². The van der Waals surface area contributed by atoms with Crippen LogP contribution in [0.3, 0.4) is 0 Å². The molecule has 2 rings (SSSR count). The second kappa shape index (κ2) is 8.75. The molecule has 0 saturated carbocycles. The SMILES string of the molecule is CCN(CC)c1ccc(CNC(=S)Nc2ccc(Cl)cc2)cc1. The molecule has 0 aliphatic carbocycles. The Morgan fingerprint density at radius 3 is 2.17 bits per heavy atom. The summed E-state index contributed by atoms with van der Waals surface area (Å²) < 4.78 is 0. The Hall–Kier alpha value is -1.78. The molecule has 0 heterocycles. The van der Waals surface area contributed by atoms with Gasteiger partial charge in [0.1, 0.15) is 0 Å². The molecule has 2 aromatic carbocycles. The van der Waals surface area contributed by atoms with E-state index in [4.69, 9.17) is 23.8 Å². The number of anilines is 2. The van der Waals surface area contributed by atoms with Crippen molar-refractivity contribution in [2.24, 2.45) is 0 Å². The van der Waals surface area contributed by atoms with Crippen molar-refractivity contribution >= 4 is 40.3 Å². The molecule has 0 radical (unpaired) electrons. The minimum Gasteiger partial charge on any atom is -0.372 e. The van der Waals surface area contributed by atoms with Gasteiger partial charge in [-0.2, -0.15) is 0 Å². The molecule has 0 saturated heterocycles. The predicted molar refractivity (Wildman–Crippen MR) is 105 cm³/mol. The van der Waals surface area contributed by atoms with E-state index in [1.165, 1.54) is 11.3 Å². The highest BCUT2D eigenvalue weighted by atomic mass is 35.5. The van der Waals surface area contributed by atoms with Gasteiger partial charge in [0.05, 0.1) is 0 Å². The molecule has 0 atom stereocenters. The number of benzene rings is 2. The highest BCUT2D eigenvalue weighted by Gasteiger charge is 2.02. The Labute approximate surface area is 148 Å². The van der Waals surface area contributed by atoms with E-state index in [0.717, 1.165) is 18.8 Å². The minimum absolute atomic E-state index is 0.597. The van der Waals surface area contributed by atoms with Crippen LogP contribution in [0.4, 0.5) is 11.4 Å². The van der Waals surface area contributed by atoms with Crippen LogP contribution in [0.5, 0.6) is 0 Å². The first-order chi connectivity index (χ1) is 11.1. The molecule has 0 aliphatic heterocycles. The largest absolute Gasteiger partial charge is 0.372 e. The van der Waals surface area contributed by atoms with Crippen molar-refractivity contribution in [3.05, 3.63) is 59.1 Å². The Morgan fingerprint density at radius 1 is 1.00 bits per heavy atom. The van der Waals surface area contributed by atoms with E-state index in [9.17, 15) is 0 Å². The van der Waals surface area contributed by atoms with Gasteiger partial charge >= 0.3 is 0 Å². The molecule has 122 valence electrons. The van der Waals surface area contributed by atoms with Gasteiger partial charge in [0, 0.05) is 36.0 Å². The lowest BCUT2D eigenvalue weighted by Crippen LogP contribution is -2.27. The normalized spacial score (nSPS) is 10.2. The fraction of sp³-hybridized carbons (Fsp3) is 0.278. The van der Waals surface area contributed by atoms with Crippen LogP contribution < -0.4 is 15.5 Å². The average Bonchev–Trinajstić information content (AvgIpc) is 2.57. The monoisotopic (exact) mass is 347 g/mol. The van der Waals surface area contributed by atoms with Crippen LogP contribution in [0.1, 0.15) is 19.4 Å². The predicted octanol–water partition coefficient (Wildman–Crippen LogP) is 4.67. The van der Waals surface area contributed by atoms with Crippen LogP contribution in [-0.4, -0.2) is 18.2 Å². The zero-order valence-electron chi connectivity index (χ0n) is 13.5. The van der Waals surface area contributed by atoms with Gasteiger partial charge < -0.3 is 15.5 Å². The summed E-state index contributed by atoms with van der Waals surface area (Å²) in [6.07, 6.45) is 0. The van der Waals surface area contributed by atoms with Gasteiger partial charge in [0.2, 0.25) is 0 Å². The summed E-state index contributed by atoms with van der Waals surface area (Å²) in [6, 6.07) is 16.0. The summed E-state index contributed by atoms with van der Waals surface area (Å²) in [5, 5.41) is 7.66. The molecule has 0 amide bonds. The Morgan fingerprint density at radius 2 is 1.61 bits per heavy atom. The quantitative estimate of drug-likeness (QED) is 0.742. The van der Waals surface area contributed by atoms with Crippen LogP contribution in [0.15, 0.2) is 48.5 Å². The smallest absolute Gasteiger partial charge is 0.171 e. The van der Waals surface area contributed by atoms with E-state index < -0.39 is 0 Å². The maximum atomic E-state index is 5.87. The van der Waals surface area contributed by atoms with Crippen molar-refractivity contribution in [1.82, 2.24) is 5.32 Å². The van der Waals surface area contributed by atoms with E-state index >= 15 is 0 Å². The van der Waals surface area contributed by atoms with Crippen molar-refractivity contribution in [3.8, 4) is 0 Å². The van der Waals surface area contributed by atoms with Crippen molar-refractivity contribution in [2.45, 2.75) is 20.4 Å². The van der Waals surface area contributed by atoms with Crippen LogP contribution in [-0.2, 0) is 6.54 Å². The summed E-state index contributed by atoms with van der Waals surface area (Å²) >= 11 is 11.2. The molecule has 3 nitrogen and oxygen atoms in total. The Bertz CT molecular complexity index is 622. The topological polar surface area (TPSA) is 27.3 Å².